The van der Waals surface area contributed by atoms with Gasteiger partial charge in [-0.25, -0.2) is 4.99 Å². The van der Waals surface area contributed by atoms with Crippen LogP contribution in [0, 0.1) is 0 Å². The predicted octanol–water partition coefficient (Wildman–Crippen LogP) is 6.25. The lowest BCUT2D eigenvalue weighted by Crippen LogP contribution is -2.37. The van der Waals surface area contributed by atoms with E-state index in [0.717, 1.165) is 114 Å². The highest BCUT2D eigenvalue weighted by molar-refractivity contribution is 6.10. The van der Waals surface area contributed by atoms with Crippen LogP contribution >= 0.6 is 12.4 Å². The third-order valence-corrected chi connectivity index (χ3v) is 8.78. The standard InChI is InChI=1S/C35H42N6O3.ClH/c1(10-38-16-21-42-22-17-38)12-40-14-7-28-3-5-31(25-33(28)40)36-35(30-9-20-44-27-30)37-32-6-4-29-8-15-41(34(29)26-32)13-2-11-39-18-23-43-24-19-39;/h3-9,14-15,20,25-27H,1-2,10-13,16-19,21-24H2,(H,36,37);1H. The van der Waals surface area contributed by atoms with Crippen molar-refractivity contribution in [1.29, 1.82) is 0 Å². The quantitative estimate of drug-likeness (QED) is 0.138. The smallest absolute Gasteiger partial charge is 0.141 e. The molecule has 2 fully saturated rings. The number of hydrogen-bond donors (Lipinski definition) is 1. The summed E-state index contributed by atoms with van der Waals surface area (Å²) in [5, 5.41) is 6.08. The van der Waals surface area contributed by atoms with Gasteiger partial charge in [0.15, 0.2) is 0 Å². The molecule has 5 heterocycles. The maximum Gasteiger partial charge on any atom is 0.141 e. The molecule has 9 nitrogen and oxygen atoms in total. The van der Waals surface area contributed by atoms with Crippen molar-refractivity contribution in [2.75, 3.05) is 71.0 Å². The number of ether oxygens (including phenoxy) is 2. The molecule has 0 saturated carbocycles. The molecule has 2 saturated heterocycles. The average molecular weight is 631 g/mol. The van der Waals surface area contributed by atoms with Gasteiger partial charge >= 0.3 is 0 Å². The molecule has 0 amide bonds. The number of aliphatic imine (C=N–C) groups is 1. The average Bonchev–Trinajstić information content (AvgIpc) is 3.83. The van der Waals surface area contributed by atoms with Gasteiger partial charge in [0.2, 0.25) is 0 Å². The number of nitrogens with zero attached hydrogens (tertiary/aromatic N) is 5. The van der Waals surface area contributed by atoms with E-state index < -0.39 is 0 Å². The lowest BCUT2D eigenvalue weighted by atomic mass is 10.2. The Kier molecular flexibility index (Phi) is 10.5. The van der Waals surface area contributed by atoms with Crippen LogP contribution in [0.1, 0.15) is 18.4 Å². The van der Waals surface area contributed by atoms with Crippen LogP contribution in [0.5, 0.6) is 0 Å². The minimum absolute atomic E-state index is 0. The van der Waals surface area contributed by atoms with Gasteiger partial charge in [0, 0.05) is 70.4 Å². The molecule has 0 atom stereocenters. The number of benzene rings is 2. The highest BCUT2D eigenvalue weighted by Gasteiger charge is 2.13. The summed E-state index contributed by atoms with van der Waals surface area (Å²) in [5.74, 6) is 0.758. The number of aryl methyl sites for hydroxylation is 2. The summed E-state index contributed by atoms with van der Waals surface area (Å²) in [7, 11) is 0. The maximum absolute atomic E-state index is 5.50. The molecular formula is C35H43ClN6O3. The molecule has 238 valence electrons. The summed E-state index contributed by atoms with van der Waals surface area (Å²) >= 11 is 0. The molecule has 0 spiro atoms. The van der Waals surface area contributed by atoms with Gasteiger partial charge < -0.3 is 28.3 Å². The van der Waals surface area contributed by atoms with Crippen molar-refractivity contribution in [2.24, 2.45) is 4.99 Å². The van der Waals surface area contributed by atoms with Gasteiger partial charge in [-0.15, -0.1) is 12.4 Å². The number of aromatic nitrogens is 2. The van der Waals surface area contributed by atoms with Crippen LogP contribution in [-0.4, -0.2) is 90.5 Å². The van der Waals surface area contributed by atoms with Gasteiger partial charge in [-0.3, -0.25) is 9.80 Å². The molecule has 0 aliphatic carbocycles. The van der Waals surface area contributed by atoms with Crippen molar-refractivity contribution in [2.45, 2.75) is 25.9 Å². The largest absolute Gasteiger partial charge is 0.472 e. The second-order valence-corrected chi connectivity index (χ2v) is 11.7. The zero-order valence-corrected chi connectivity index (χ0v) is 26.6. The van der Waals surface area contributed by atoms with E-state index in [4.69, 9.17) is 18.9 Å². The van der Waals surface area contributed by atoms with E-state index in [1.807, 2.05) is 6.07 Å². The minimum Gasteiger partial charge on any atom is -0.472 e. The van der Waals surface area contributed by atoms with Gasteiger partial charge in [0.1, 0.15) is 12.1 Å². The Bertz CT molecular complexity index is 1680. The molecule has 0 unspecified atom stereocenters. The van der Waals surface area contributed by atoms with E-state index in [-0.39, 0.29) is 12.4 Å². The Hall–Kier alpha value is -3.60. The van der Waals surface area contributed by atoms with Crippen molar-refractivity contribution < 1.29 is 13.9 Å². The van der Waals surface area contributed by atoms with Crippen molar-refractivity contribution in [3.05, 3.63) is 85.1 Å². The first-order valence-corrected chi connectivity index (χ1v) is 15.9. The van der Waals surface area contributed by atoms with Crippen LogP contribution in [0.25, 0.3) is 21.8 Å². The predicted molar refractivity (Wildman–Crippen MR) is 183 cm³/mol. The molecule has 7 rings (SSSR count). The van der Waals surface area contributed by atoms with E-state index in [1.54, 1.807) is 12.5 Å². The summed E-state index contributed by atoms with van der Waals surface area (Å²) in [6, 6.07) is 19.3. The number of morpholine rings is 2. The maximum atomic E-state index is 5.50. The number of hydrogen-bond acceptors (Lipinski definition) is 6. The second kappa shape index (κ2) is 15.1. The van der Waals surface area contributed by atoms with Crippen molar-refractivity contribution in [1.82, 2.24) is 18.9 Å². The molecule has 2 aliphatic rings. The monoisotopic (exact) mass is 630 g/mol. The van der Waals surface area contributed by atoms with Crippen LogP contribution in [0.15, 0.2) is 88.9 Å². The van der Waals surface area contributed by atoms with Gasteiger partial charge in [0.25, 0.3) is 0 Å². The highest BCUT2D eigenvalue weighted by atomic mass is 35.5. The van der Waals surface area contributed by atoms with Crippen LogP contribution in [0.3, 0.4) is 0 Å². The highest BCUT2D eigenvalue weighted by Crippen LogP contribution is 2.26. The fourth-order valence-electron chi connectivity index (χ4n) is 6.30. The molecule has 5 aromatic rings. The van der Waals surface area contributed by atoms with E-state index in [0.29, 0.717) is 0 Å². The van der Waals surface area contributed by atoms with E-state index in [9.17, 15) is 0 Å². The Labute approximate surface area is 270 Å². The van der Waals surface area contributed by atoms with Gasteiger partial charge in [-0.05, 0) is 66.1 Å². The third kappa shape index (κ3) is 7.80. The van der Waals surface area contributed by atoms with Crippen LogP contribution in [0.2, 0.25) is 0 Å². The number of halogens is 1. The molecule has 2 aromatic carbocycles. The number of rotatable bonds is 11. The SMILES string of the molecule is Cl.c1cc(C(=Nc2ccc3ccn(CCCN4CCOCC4)c3c2)Nc2ccc3ccn(CCCN4CCOCC4)c3c2)co1. The first kappa shape index (κ1) is 31.4. The zero-order valence-electron chi connectivity index (χ0n) is 25.8. The summed E-state index contributed by atoms with van der Waals surface area (Å²) in [6.07, 6.45) is 10.0. The van der Waals surface area contributed by atoms with Crippen molar-refractivity contribution in [3.8, 4) is 0 Å². The van der Waals surface area contributed by atoms with E-state index >= 15 is 0 Å². The fraction of sp³-hybridized carbons (Fsp3) is 0.400. The first-order chi connectivity index (χ1) is 21.8. The summed E-state index contributed by atoms with van der Waals surface area (Å²) in [5.41, 5.74) is 5.24. The first-order valence-electron chi connectivity index (χ1n) is 15.9. The molecule has 45 heavy (non-hydrogen) atoms. The molecular weight excluding hydrogens is 588 g/mol. The number of furan rings is 1. The number of nitrogens with one attached hydrogen (secondary N) is 1. The minimum atomic E-state index is 0. The van der Waals surface area contributed by atoms with E-state index in [2.05, 4.69) is 85.2 Å². The van der Waals surface area contributed by atoms with Crippen LogP contribution in [-0.2, 0) is 22.6 Å². The third-order valence-electron chi connectivity index (χ3n) is 8.78. The van der Waals surface area contributed by atoms with Crippen LogP contribution in [0.4, 0.5) is 11.4 Å². The zero-order chi connectivity index (χ0) is 29.6. The van der Waals surface area contributed by atoms with Gasteiger partial charge in [-0.1, -0.05) is 12.1 Å². The lowest BCUT2D eigenvalue weighted by Gasteiger charge is -2.26. The van der Waals surface area contributed by atoms with Gasteiger partial charge in [0.05, 0.1) is 55.0 Å². The van der Waals surface area contributed by atoms with E-state index in [1.165, 1.54) is 21.8 Å². The van der Waals surface area contributed by atoms with Crippen molar-refractivity contribution >= 4 is 51.4 Å². The topological polar surface area (TPSA) is 72.3 Å². The van der Waals surface area contributed by atoms with Gasteiger partial charge in [-0.2, -0.15) is 0 Å². The summed E-state index contributed by atoms with van der Waals surface area (Å²) in [6.45, 7) is 11.7. The molecule has 2 aliphatic heterocycles. The Morgan fingerprint density at radius 2 is 1.29 bits per heavy atom. The molecule has 1 N–H and O–H groups in total. The number of amidine groups is 1. The Morgan fingerprint density at radius 3 is 1.89 bits per heavy atom. The fourth-order valence-corrected chi connectivity index (χ4v) is 6.30. The Morgan fingerprint density at radius 1 is 0.689 bits per heavy atom. The number of fused-ring (bicyclic) bond motifs is 2. The summed E-state index contributed by atoms with van der Waals surface area (Å²) in [4.78, 5) is 10.1. The number of anilines is 1. The molecule has 3 aromatic heterocycles. The lowest BCUT2D eigenvalue weighted by molar-refractivity contribution is 0.0369. The normalized spacial score (nSPS) is 16.8. The van der Waals surface area contributed by atoms with Crippen LogP contribution < -0.4 is 5.32 Å². The Balaban J connectivity index is 0.00000357. The molecule has 10 heteroatoms. The second-order valence-electron chi connectivity index (χ2n) is 11.7. The molecule has 0 radical (unpaired) electrons. The summed E-state index contributed by atoms with van der Waals surface area (Å²) < 4.78 is 21.2. The van der Waals surface area contributed by atoms with Crippen molar-refractivity contribution in [3.63, 3.8) is 0 Å². The molecule has 0 bridgehead atoms.